The minimum absolute atomic E-state index is 0.227. The van der Waals surface area contributed by atoms with Crippen LogP contribution in [0, 0.1) is 0 Å². The zero-order valence-corrected chi connectivity index (χ0v) is 14.5. The average molecular weight is 331 g/mol. The van der Waals surface area contributed by atoms with Gasteiger partial charge in [0.05, 0.1) is 0 Å². The van der Waals surface area contributed by atoms with Crippen molar-refractivity contribution in [3.63, 3.8) is 0 Å². The van der Waals surface area contributed by atoms with Crippen LogP contribution in [0.2, 0.25) is 0 Å². The molecule has 2 rings (SSSR count). The van der Waals surface area contributed by atoms with Crippen molar-refractivity contribution in [1.29, 1.82) is 0 Å². The first-order chi connectivity index (χ1) is 11.4. The van der Waals surface area contributed by atoms with Gasteiger partial charge in [-0.3, -0.25) is 0 Å². The molecule has 0 atom stereocenters. The number of rotatable bonds is 4. The lowest BCUT2D eigenvalue weighted by atomic mass is 10.0. The number of hydrogen-bond donors (Lipinski definition) is 1. The average Bonchev–Trinajstić information content (AvgIpc) is 2.53. The van der Waals surface area contributed by atoms with E-state index in [0.717, 1.165) is 24.9 Å². The Morgan fingerprint density at radius 2 is 1.96 bits per heavy atom. The number of piperidine rings is 1. The van der Waals surface area contributed by atoms with Crippen LogP contribution in [-0.2, 0) is 11.3 Å². The molecule has 7 nitrogen and oxygen atoms in total. The van der Waals surface area contributed by atoms with Gasteiger partial charge >= 0.3 is 6.09 Å². The molecule has 0 unspecified atom stereocenters. The summed E-state index contributed by atoms with van der Waals surface area (Å²) in [6.45, 7) is 7.82. The van der Waals surface area contributed by atoms with Crippen LogP contribution in [0.25, 0.3) is 10.4 Å². The number of nitrogens with one attached hydrogen (secondary N) is 1. The summed E-state index contributed by atoms with van der Waals surface area (Å²) in [5, 5.41) is 7.07. The molecule has 7 heteroatoms. The summed E-state index contributed by atoms with van der Waals surface area (Å²) >= 11 is 0. The Balaban J connectivity index is 1.75. The van der Waals surface area contributed by atoms with E-state index >= 15 is 0 Å². The van der Waals surface area contributed by atoms with Crippen LogP contribution in [0.1, 0.15) is 39.2 Å². The third kappa shape index (κ3) is 5.76. The minimum atomic E-state index is -0.450. The molecule has 1 aliphatic heterocycles. The molecule has 0 aromatic heterocycles. The molecule has 1 saturated heterocycles. The zero-order valence-electron chi connectivity index (χ0n) is 14.5. The Labute approximate surface area is 142 Å². The highest BCUT2D eigenvalue weighted by Gasteiger charge is 2.26. The summed E-state index contributed by atoms with van der Waals surface area (Å²) in [6, 6.07) is 7.91. The summed E-state index contributed by atoms with van der Waals surface area (Å²) < 4.78 is 5.41. The Bertz CT molecular complexity index is 594. The highest BCUT2D eigenvalue weighted by atomic mass is 16.6. The van der Waals surface area contributed by atoms with Gasteiger partial charge in [0.15, 0.2) is 0 Å². The summed E-state index contributed by atoms with van der Waals surface area (Å²) in [5.74, 6) is 0. The molecular weight excluding hydrogens is 306 g/mol. The first-order valence-corrected chi connectivity index (χ1v) is 8.23. The van der Waals surface area contributed by atoms with Crippen LogP contribution in [0.15, 0.2) is 29.4 Å². The molecule has 1 amide bonds. The number of ether oxygens (including phenoxy) is 1. The minimum Gasteiger partial charge on any atom is -0.444 e. The number of azide groups is 1. The van der Waals surface area contributed by atoms with E-state index in [-0.39, 0.29) is 6.09 Å². The second kappa shape index (κ2) is 8.04. The monoisotopic (exact) mass is 331 g/mol. The molecule has 1 N–H and O–H groups in total. The zero-order chi connectivity index (χ0) is 17.6. The standard InChI is InChI=1S/C17H25N5O2/c1-17(2,3)24-16(23)22-10-8-14(9-11-22)19-12-13-4-6-15(7-5-13)20-21-18/h4-7,14,19H,8-12H2,1-3H3. The molecule has 0 radical (unpaired) electrons. The molecule has 130 valence electrons. The highest BCUT2D eigenvalue weighted by molar-refractivity contribution is 5.68. The number of amides is 1. The Morgan fingerprint density at radius 3 is 2.50 bits per heavy atom. The van der Waals surface area contributed by atoms with E-state index in [9.17, 15) is 4.79 Å². The molecule has 24 heavy (non-hydrogen) atoms. The van der Waals surface area contributed by atoms with E-state index in [1.807, 2.05) is 45.0 Å². The van der Waals surface area contributed by atoms with Gasteiger partial charge < -0.3 is 15.0 Å². The summed E-state index contributed by atoms with van der Waals surface area (Å²) in [6.07, 6.45) is 1.60. The smallest absolute Gasteiger partial charge is 0.410 e. The number of hydrogen-bond acceptors (Lipinski definition) is 4. The molecule has 0 spiro atoms. The molecule has 0 saturated carbocycles. The van der Waals surface area contributed by atoms with Crippen LogP contribution in [0.3, 0.4) is 0 Å². The fourth-order valence-electron chi connectivity index (χ4n) is 2.59. The van der Waals surface area contributed by atoms with Gasteiger partial charge in [0.1, 0.15) is 5.60 Å². The van der Waals surface area contributed by atoms with Gasteiger partial charge in [0, 0.05) is 36.3 Å². The molecule has 1 aromatic rings. The number of likely N-dealkylation sites (tertiary alicyclic amines) is 1. The second-order valence-electron chi connectivity index (χ2n) is 6.98. The topological polar surface area (TPSA) is 90.3 Å². The van der Waals surface area contributed by atoms with Crippen molar-refractivity contribution in [1.82, 2.24) is 10.2 Å². The molecule has 1 aliphatic rings. The van der Waals surface area contributed by atoms with Crippen LogP contribution >= 0.6 is 0 Å². The van der Waals surface area contributed by atoms with E-state index in [4.69, 9.17) is 10.3 Å². The van der Waals surface area contributed by atoms with E-state index in [1.165, 1.54) is 0 Å². The fourth-order valence-corrected chi connectivity index (χ4v) is 2.59. The Hall–Kier alpha value is -2.24. The first-order valence-electron chi connectivity index (χ1n) is 8.23. The second-order valence-corrected chi connectivity index (χ2v) is 6.98. The molecule has 0 bridgehead atoms. The fraction of sp³-hybridized carbons (Fsp3) is 0.588. The predicted molar refractivity (Wildman–Crippen MR) is 92.9 cm³/mol. The third-order valence-electron chi connectivity index (χ3n) is 3.84. The van der Waals surface area contributed by atoms with Gasteiger partial charge in [0.2, 0.25) is 0 Å². The van der Waals surface area contributed by atoms with Crippen molar-refractivity contribution in [2.24, 2.45) is 5.11 Å². The first kappa shape index (κ1) is 18.1. The number of nitrogens with zero attached hydrogens (tertiary/aromatic N) is 4. The van der Waals surface area contributed by atoms with Gasteiger partial charge in [0.25, 0.3) is 0 Å². The maximum absolute atomic E-state index is 12.0. The van der Waals surface area contributed by atoms with Crippen molar-refractivity contribution < 1.29 is 9.53 Å². The SMILES string of the molecule is CC(C)(C)OC(=O)N1CCC(NCc2ccc(N=[N+]=[N-])cc2)CC1. The number of benzene rings is 1. The largest absolute Gasteiger partial charge is 0.444 e. The van der Waals surface area contributed by atoms with Crippen molar-refractivity contribution in [3.8, 4) is 0 Å². The van der Waals surface area contributed by atoms with Crippen molar-refractivity contribution in [3.05, 3.63) is 40.3 Å². The molecule has 1 aromatic carbocycles. The summed E-state index contributed by atoms with van der Waals surface area (Å²) in [5.41, 5.74) is 9.70. The van der Waals surface area contributed by atoms with E-state index < -0.39 is 5.60 Å². The Morgan fingerprint density at radius 1 is 1.33 bits per heavy atom. The lowest BCUT2D eigenvalue weighted by Crippen LogP contribution is -2.46. The Kier molecular flexibility index (Phi) is 6.06. The number of carbonyl (C=O) groups excluding carboxylic acids is 1. The van der Waals surface area contributed by atoms with Crippen LogP contribution in [-0.4, -0.2) is 35.7 Å². The lowest BCUT2D eigenvalue weighted by Gasteiger charge is -2.33. The molecule has 1 heterocycles. The lowest BCUT2D eigenvalue weighted by molar-refractivity contribution is 0.0198. The van der Waals surface area contributed by atoms with E-state index in [2.05, 4.69) is 15.3 Å². The summed E-state index contributed by atoms with van der Waals surface area (Å²) in [4.78, 5) is 16.6. The van der Waals surface area contributed by atoms with Crippen molar-refractivity contribution >= 4 is 11.8 Å². The van der Waals surface area contributed by atoms with E-state index in [1.54, 1.807) is 4.90 Å². The van der Waals surface area contributed by atoms with Gasteiger partial charge in [-0.2, -0.15) is 0 Å². The third-order valence-corrected chi connectivity index (χ3v) is 3.84. The summed E-state index contributed by atoms with van der Waals surface area (Å²) in [7, 11) is 0. The predicted octanol–water partition coefficient (Wildman–Crippen LogP) is 4.12. The van der Waals surface area contributed by atoms with Gasteiger partial charge in [-0.05, 0) is 44.7 Å². The van der Waals surface area contributed by atoms with Gasteiger partial charge in [-0.15, -0.1) is 0 Å². The van der Waals surface area contributed by atoms with Crippen molar-refractivity contribution in [2.75, 3.05) is 13.1 Å². The molecule has 1 fully saturated rings. The van der Waals surface area contributed by atoms with Crippen LogP contribution in [0.4, 0.5) is 10.5 Å². The van der Waals surface area contributed by atoms with Crippen molar-refractivity contribution in [2.45, 2.75) is 51.8 Å². The van der Waals surface area contributed by atoms with Crippen LogP contribution in [0.5, 0.6) is 0 Å². The van der Waals surface area contributed by atoms with Gasteiger partial charge in [-0.1, -0.05) is 29.4 Å². The quantitative estimate of drug-likeness (QED) is 0.511. The maximum atomic E-state index is 12.0. The highest BCUT2D eigenvalue weighted by Crippen LogP contribution is 2.17. The van der Waals surface area contributed by atoms with E-state index in [0.29, 0.717) is 24.8 Å². The number of carbonyl (C=O) groups is 1. The molecular formula is C17H25N5O2. The van der Waals surface area contributed by atoms with Gasteiger partial charge in [-0.25, -0.2) is 4.79 Å². The normalized spacial score (nSPS) is 15.7. The van der Waals surface area contributed by atoms with Crippen LogP contribution < -0.4 is 5.32 Å². The maximum Gasteiger partial charge on any atom is 0.410 e. The molecule has 0 aliphatic carbocycles.